The molecule has 0 saturated heterocycles. The number of benzene rings is 1. The second-order valence-corrected chi connectivity index (χ2v) is 6.77. The molecule has 0 aliphatic carbocycles. The van der Waals surface area contributed by atoms with Crippen LogP contribution in [0.1, 0.15) is 0 Å². The fourth-order valence-electron chi connectivity index (χ4n) is 2.25. The van der Waals surface area contributed by atoms with Crippen molar-refractivity contribution in [3.8, 4) is 16.8 Å². The zero-order valence-electron chi connectivity index (χ0n) is 11.5. The molecule has 0 atom stereocenters. The summed E-state index contributed by atoms with van der Waals surface area (Å²) in [6.45, 7) is 0. The molecule has 0 spiro atoms. The lowest BCUT2D eigenvalue weighted by molar-refractivity contribution is 0.602. The third kappa shape index (κ3) is 2.73. The van der Waals surface area contributed by atoms with Gasteiger partial charge in [-0.3, -0.25) is 4.98 Å². The van der Waals surface area contributed by atoms with E-state index >= 15 is 0 Å². The van der Waals surface area contributed by atoms with Crippen molar-refractivity contribution in [2.75, 3.05) is 6.26 Å². The van der Waals surface area contributed by atoms with E-state index in [4.69, 9.17) is 0 Å². The van der Waals surface area contributed by atoms with Crippen molar-refractivity contribution < 1.29 is 8.42 Å². The maximum atomic E-state index is 11.9. The van der Waals surface area contributed by atoms with Crippen LogP contribution >= 0.6 is 0 Å². The normalized spacial score (nSPS) is 11.5. The molecule has 2 heterocycles. The Bertz CT molecular complexity index is 868. The average Bonchev–Trinajstić information content (AvgIpc) is 2.97. The monoisotopic (exact) mass is 298 g/mol. The highest BCUT2D eigenvalue weighted by atomic mass is 32.2. The zero-order valence-corrected chi connectivity index (χ0v) is 12.3. The lowest BCUT2D eigenvalue weighted by atomic mass is 10.1. The molecule has 2 aromatic heterocycles. The van der Waals surface area contributed by atoms with Crippen LogP contribution in [0, 0.1) is 0 Å². The Kier molecular flexibility index (Phi) is 3.35. The molecule has 21 heavy (non-hydrogen) atoms. The first-order valence-electron chi connectivity index (χ1n) is 6.43. The van der Waals surface area contributed by atoms with Gasteiger partial charge in [-0.1, -0.05) is 18.2 Å². The molecule has 0 bridgehead atoms. The van der Waals surface area contributed by atoms with Crippen molar-refractivity contribution in [3.05, 3.63) is 67.3 Å². The van der Waals surface area contributed by atoms with E-state index in [0.717, 1.165) is 11.3 Å². The Labute approximate surface area is 123 Å². The third-order valence-corrected chi connectivity index (χ3v) is 4.39. The van der Waals surface area contributed by atoms with Gasteiger partial charge in [-0.2, -0.15) is 0 Å². The molecule has 1 aromatic carbocycles. The highest BCUT2D eigenvalue weighted by molar-refractivity contribution is 7.90. The molecular weight excluding hydrogens is 284 g/mol. The Morgan fingerprint density at radius 1 is 1.05 bits per heavy atom. The second kappa shape index (κ2) is 5.18. The van der Waals surface area contributed by atoms with Crippen LogP contribution in [0.3, 0.4) is 0 Å². The summed E-state index contributed by atoms with van der Waals surface area (Å²) in [6.07, 6.45) is 8.50. The smallest absolute Gasteiger partial charge is 0.176 e. The number of sulfone groups is 1. The van der Waals surface area contributed by atoms with Gasteiger partial charge in [-0.05, 0) is 24.3 Å². The van der Waals surface area contributed by atoms with Crippen molar-refractivity contribution in [3.63, 3.8) is 0 Å². The van der Waals surface area contributed by atoms with E-state index in [-0.39, 0.29) is 0 Å². The lowest BCUT2D eigenvalue weighted by Crippen LogP contribution is -1.99. The SMILES string of the molecule is CS(=O)(=O)c1ccccc1-c1ccn(-c2cccnc2)c1. The molecule has 106 valence electrons. The summed E-state index contributed by atoms with van der Waals surface area (Å²) in [7, 11) is -3.26. The fraction of sp³-hybridized carbons (Fsp3) is 0.0625. The Hall–Kier alpha value is -2.40. The van der Waals surface area contributed by atoms with Gasteiger partial charge in [-0.25, -0.2) is 8.42 Å². The summed E-state index contributed by atoms with van der Waals surface area (Å²) in [5.74, 6) is 0. The quantitative estimate of drug-likeness (QED) is 0.747. The molecule has 0 N–H and O–H groups in total. The van der Waals surface area contributed by atoms with Gasteiger partial charge >= 0.3 is 0 Å². The second-order valence-electron chi connectivity index (χ2n) is 4.79. The Morgan fingerprint density at radius 2 is 1.86 bits per heavy atom. The summed E-state index contributed by atoms with van der Waals surface area (Å²) in [5, 5.41) is 0. The standard InChI is InChI=1S/C16H14N2O2S/c1-21(19,20)16-7-3-2-6-15(16)13-8-10-18(12-13)14-5-4-9-17-11-14/h2-12H,1H3. The minimum Gasteiger partial charge on any atom is -0.322 e. The van der Waals surface area contributed by atoms with E-state index in [1.165, 1.54) is 6.26 Å². The zero-order chi connectivity index (χ0) is 14.9. The van der Waals surface area contributed by atoms with Crippen LogP contribution in [0.15, 0.2) is 72.1 Å². The summed E-state index contributed by atoms with van der Waals surface area (Å²) in [5.41, 5.74) is 2.50. The van der Waals surface area contributed by atoms with Gasteiger partial charge in [0.1, 0.15) is 0 Å². The molecule has 0 fully saturated rings. The van der Waals surface area contributed by atoms with Crippen LogP contribution in [-0.2, 0) is 9.84 Å². The van der Waals surface area contributed by atoms with E-state index in [2.05, 4.69) is 4.98 Å². The van der Waals surface area contributed by atoms with Gasteiger partial charge in [0.15, 0.2) is 9.84 Å². The van der Waals surface area contributed by atoms with Crippen LogP contribution in [-0.4, -0.2) is 24.2 Å². The molecule has 5 heteroatoms. The summed E-state index contributed by atoms with van der Waals surface area (Å²) in [4.78, 5) is 4.42. The predicted molar refractivity (Wildman–Crippen MR) is 82.1 cm³/mol. The molecule has 3 rings (SSSR count). The van der Waals surface area contributed by atoms with Crippen molar-refractivity contribution in [1.29, 1.82) is 0 Å². The molecule has 0 unspecified atom stereocenters. The maximum Gasteiger partial charge on any atom is 0.176 e. The highest BCUT2D eigenvalue weighted by Crippen LogP contribution is 2.28. The highest BCUT2D eigenvalue weighted by Gasteiger charge is 2.14. The number of hydrogen-bond acceptors (Lipinski definition) is 3. The van der Waals surface area contributed by atoms with Crippen LogP contribution in [0.25, 0.3) is 16.8 Å². The maximum absolute atomic E-state index is 11.9. The van der Waals surface area contributed by atoms with Crippen molar-refractivity contribution in [2.45, 2.75) is 4.90 Å². The number of aromatic nitrogens is 2. The third-order valence-electron chi connectivity index (χ3n) is 3.23. The van der Waals surface area contributed by atoms with Gasteiger partial charge < -0.3 is 4.57 Å². The summed E-state index contributed by atoms with van der Waals surface area (Å²) < 4.78 is 25.7. The minimum absolute atomic E-state index is 0.342. The molecular formula is C16H14N2O2S. The summed E-state index contributed by atoms with van der Waals surface area (Å²) in [6, 6.07) is 12.7. The van der Waals surface area contributed by atoms with Gasteiger partial charge in [-0.15, -0.1) is 0 Å². The van der Waals surface area contributed by atoms with Crippen molar-refractivity contribution in [2.24, 2.45) is 0 Å². The van der Waals surface area contributed by atoms with E-state index in [9.17, 15) is 8.42 Å². The van der Waals surface area contributed by atoms with Crippen LogP contribution in [0.4, 0.5) is 0 Å². The molecule has 0 amide bonds. The van der Waals surface area contributed by atoms with Crippen molar-refractivity contribution in [1.82, 2.24) is 9.55 Å². The molecule has 0 aliphatic heterocycles. The molecule has 0 aliphatic rings. The molecule has 3 aromatic rings. The average molecular weight is 298 g/mol. The molecule has 0 saturated carbocycles. The van der Waals surface area contributed by atoms with Gasteiger partial charge in [0, 0.05) is 36.0 Å². The van der Waals surface area contributed by atoms with E-state index in [1.54, 1.807) is 24.5 Å². The Morgan fingerprint density at radius 3 is 2.57 bits per heavy atom. The van der Waals surface area contributed by atoms with Gasteiger partial charge in [0.2, 0.25) is 0 Å². The van der Waals surface area contributed by atoms with Crippen LogP contribution in [0.5, 0.6) is 0 Å². The van der Waals surface area contributed by atoms with Crippen LogP contribution in [0.2, 0.25) is 0 Å². The van der Waals surface area contributed by atoms with Gasteiger partial charge in [0.25, 0.3) is 0 Å². The largest absolute Gasteiger partial charge is 0.322 e. The molecule has 0 radical (unpaired) electrons. The Balaban J connectivity index is 2.10. The van der Waals surface area contributed by atoms with Crippen LogP contribution < -0.4 is 0 Å². The van der Waals surface area contributed by atoms with Gasteiger partial charge in [0.05, 0.1) is 16.8 Å². The first kappa shape index (κ1) is 13.6. The fourth-order valence-corrected chi connectivity index (χ4v) is 3.16. The van der Waals surface area contributed by atoms with E-state index in [0.29, 0.717) is 10.5 Å². The number of hydrogen-bond donors (Lipinski definition) is 0. The number of nitrogens with zero attached hydrogens (tertiary/aromatic N) is 2. The topological polar surface area (TPSA) is 52.0 Å². The first-order valence-corrected chi connectivity index (χ1v) is 8.33. The minimum atomic E-state index is -3.26. The number of rotatable bonds is 3. The number of pyridine rings is 1. The van der Waals surface area contributed by atoms with E-state index < -0.39 is 9.84 Å². The van der Waals surface area contributed by atoms with E-state index in [1.807, 2.05) is 47.3 Å². The lowest BCUT2D eigenvalue weighted by Gasteiger charge is -2.06. The summed E-state index contributed by atoms with van der Waals surface area (Å²) >= 11 is 0. The molecule has 4 nitrogen and oxygen atoms in total. The first-order chi connectivity index (χ1) is 10.1. The van der Waals surface area contributed by atoms with Crippen molar-refractivity contribution >= 4 is 9.84 Å². The predicted octanol–water partition coefficient (Wildman–Crippen LogP) is 2.94.